The molecule has 0 aliphatic carbocycles. The molecule has 6 nitrogen and oxygen atoms in total. The van der Waals surface area contributed by atoms with E-state index in [9.17, 15) is 14.0 Å². The van der Waals surface area contributed by atoms with Crippen molar-refractivity contribution in [3.05, 3.63) is 64.9 Å². The summed E-state index contributed by atoms with van der Waals surface area (Å²) in [5.41, 5.74) is 3.70. The number of aromatic nitrogens is 1. The van der Waals surface area contributed by atoms with E-state index in [-0.39, 0.29) is 23.5 Å². The second kappa shape index (κ2) is 9.28. The molecule has 2 fully saturated rings. The number of halogens is 2. The highest BCUT2D eigenvalue weighted by Crippen LogP contribution is 2.33. The summed E-state index contributed by atoms with van der Waals surface area (Å²) in [6.07, 6.45) is 3.30. The fraction of sp³-hybridized carbons (Fsp3) is 0.174. The van der Waals surface area contributed by atoms with Crippen LogP contribution >= 0.6 is 24.2 Å². The van der Waals surface area contributed by atoms with Gasteiger partial charge >= 0.3 is 0 Å². The van der Waals surface area contributed by atoms with Crippen LogP contribution in [0.2, 0.25) is 0 Å². The van der Waals surface area contributed by atoms with E-state index in [0.717, 1.165) is 60.0 Å². The zero-order chi connectivity index (χ0) is 21.4. The van der Waals surface area contributed by atoms with E-state index in [2.05, 4.69) is 20.5 Å². The van der Waals surface area contributed by atoms with E-state index in [0.29, 0.717) is 16.2 Å². The number of benzene rings is 2. The molecule has 0 atom stereocenters. The molecule has 5 rings (SSSR count). The van der Waals surface area contributed by atoms with Crippen molar-refractivity contribution in [1.82, 2.24) is 15.6 Å². The molecule has 2 aliphatic heterocycles. The van der Waals surface area contributed by atoms with Gasteiger partial charge in [0, 0.05) is 37.8 Å². The zero-order valence-corrected chi connectivity index (χ0v) is 18.6. The minimum Gasteiger partial charge on any atom is -0.367 e. The third-order valence-electron chi connectivity index (χ3n) is 5.40. The second-order valence-electron chi connectivity index (χ2n) is 7.40. The van der Waals surface area contributed by atoms with E-state index in [1.165, 1.54) is 0 Å². The lowest BCUT2D eigenvalue weighted by molar-refractivity contribution is -0.115. The number of anilines is 1. The van der Waals surface area contributed by atoms with Gasteiger partial charge in [0.25, 0.3) is 11.1 Å². The SMILES string of the molecule is Cl.O=C1NC(=O)C(=Cc2cnc3cccc(-c4ccc(N5CCNCC5)c(F)c4)c3c2)S1. The molecule has 2 saturated heterocycles. The average Bonchev–Trinajstić information content (AvgIpc) is 3.10. The summed E-state index contributed by atoms with van der Waals surface area (Å²) in [6, 6.07) is 12.9. The van der Waals surface area contributed by atoms with Crippen LogP contribution in [0.5, 0.6) is 0 Å². The largest absolute Gasteiger partial charge is 0.367 e. The van der Waals surface area contributed by atoms with Gasteiger partial charge in [0.1, 0.15) is 5.82 Å². The van der Waals surface area contributed by atoms with Gasteiger partial charge in [-0.1, -0.05) is 18.2 Å². The highest BCUT2D eigenvalue weighted by atomic mass is 35.5. The van der Waals surface area contributed by atoms with Gasteiger partial charge in [-0.2, -0.15) is 0 Å². The normalized spacial score (nSPS) is 17.5. The predicted molar refractivity (Wildman–Crippen MR) is 129 cm³/mol. The van der Waals surface area contributed by atoms with Crippen LogP contribution in [0.4, 0.5) is 14.9 Å². The number of thioether (sulfide) groups is 1. The number of nitrogens with zero attached hydrogens (tertiary/aromatic N) is 2. The Bertz CT molecular complexity index is 1240. The first-order valence-electron chi connectivity index (χ1n) is 9.98. The number of hydrogen-bond acceptors (Lipinski definition) is 6. The summed E-state index contributed by atoms with van der Waals surface area (Å²) in [5.74, 6) is -0.658. The maximum absolute atomic E-state index is 15.0. The van der Waals surface area contributed by atoms with Crippen molar-refractivity contribution in [2.45, 2.75) is 0 Å². The van der Waals surface area contributed by atoms with Crippen LogP contribution in [0.25, 0.3) is 28.1 Å². The van der Waals surface area contributed by atoms with Crippen molar-refractivity contribution >= 4 is 58.0 Å². The van der Waals surface area contributed by atoms with Crippen molar-refractivity contribution in [2.24, 2.45) is 0 Å². The summed E-state index contributed by atoms with van der Waals surface area (Å²) < 4.78 is 15.0. The minimum atomic E-state index is -0.408. The molecule has 0 spiro atoms. The predicted octanol–water partition coefficient (Wildman–Crippen LogP) is 4.20. The molecule has 2 aromatic carbocycles. The summed E-state index contributed by atoms with van der Waals surface area (Å²) >= 11 is 0.867. The molecule has 2 aliphatic rings. The lowest BCUT2D eigenvalue weighted by Gasteiger charge is -2.29. The van der Waals surface area contributed by atoms with Crippen LogP contribution in [0.1, 0.15) is 5.56 Å². The molecule has 32 heavy (non-hydrogen) atoms. The summed E-state index contributed by atoms with van der Waals surface area (Å²) in [6.45, 7) is 3.24. The van der Waals surface area contributed by atoms with Crippen LogP contribution in [0.15, 0.2) is 53.6 Å². The Hall–Kier alpha value is -2.94. The first-order valence-corrected chi connectivity index (χ1v) is 10.8. The zero-order valence-electron chi connectivity index (χ0n) is 16.9. The Labute approximate surface area is 194 Å². The molecule has 0 unspecified atom stereocenters. The lowest BCUT2D eigenvalue weighted by atomic mass is 9.99. The van der Waals surface area contributed by atoms with Gasteiger partial charge in [-0.15, -0.1) is 12.4 Å². The van der Waals surface area contributed by atoms with Crippen molar-refractivity contribution in [2.75, 3.05) is 31.1 Å². The molecule has 0 saturated carbocycles. The molecule has 3 aromatic rings. The van der Waals surface area contributed by atoms with E-state index in [1.807, 2.05) is 36.4 Å². The molecule has 0 radical (unpaired) electrons. The van der Waals surface area contributed by atoms with Crippen molar-refractivity contribution in [1.29, 1.82) is 0 Å². The maximum Gasteiger partial charge on any atom is 0.290 e. The van der Waals surface area contributed by atoms with Gasteiger partial charge in [0.05, 0.1) is 16.1 Å². The highest BCUT2D eigenvalue weighted by molar-refractivity contribution is 8.18. The fourth-order valence-corrected chi connectivity index (χ4v) is 4.59. The third-order valence-corrected chi connectivity index (χ3v) is 6.21. The van der Waals surface area contributed by atoms with Gasteiger partial charge in [-0.25, -0.2) is 4.39 Å². The van der Waals surface area contributed by atoms with Crippen LogP contribution in [-0.2, 0) is 4.79 Å². The highest BCUT2D eigenvalue weighted by Gasteiger charge is 2.25. The second-order valence-corrected chi connectivity index (χ2v) is 8.41. The molecule has 164 valence electrons. The number of amides is 2. The summed E-state index contributed by atoms with van der Waals surface area (Å²) in [4.78, 5) is 30.1. The first kappa shape index (κ1) is 22.3. The van der Waals surface area contributed by atoms with Gasteiger partial charge in [-0.3, -0.25) is 19.9 Å². The van der Waals surface area contributed by atoms with E-state index >= 15 is 0 Å². The van der Waals surface area contributed by atoms with Gasteiger partial charge in [0.2, 0.25) is 0 Å². The first-order chi connectivity index (χ1) is 15.1. The van der Waals surface area contributed by atoms with Gasteiger partial charge in [-0.05, 0) is 58.8 Å². The number of rotatable bonds is 3. The Morgan fingerprint density at radius 3 is 2.62 bits per heavy atom. The lowest BCUT2D eigenvalue weighted by Crippen LogP contribution is -2.43. The monoisotopic (exact) mass is 470 g/mol. The Morgan fingerprint density at radius 2 is 1.91 bits per heavy atom. The van der Waals surface area contributed by atoms with Crippen LogP contribution < -0.4 is 15.5 Å². The number of carbonyl (C=O) groups excluding carboxylic acids is 2. The molecular formula is C23H20ClFN4O2S. The number of piperazine rings is 1. The molecule has 9 heteroatoms. The Kier molecular flexibility index (Phi) is 6.45. The number of hydrogen-bond donors (Lipinski definition) is 2. The number of imide groups is 1. The molecule has 2 N–H and O–H groups in total. The Morgan fingerprint density at radius 1 is 1.09 bits per heavy atom. The van der Waals surface area contributed by atoms with Crippen LogP contribution in [0, 0.1) is 5.82 Å². The molecule has 3 heterocycles. The number of pyridine rings is 1. The number of nitrogens with one attached hydrogen (secondary N) is 2. The quantitative estimate of drug-likeness (QED) is 0.559. The van der Waals surface area contributed by atoms with Crippen molar-refractivity contribution in [3.8, 4) is 11.1 Å². The van der Waals surface area contributed by atoms with Gasteiger partial charge in [0.15, 0.2) is 0 Å². The standard InChI is InChI=1S/C23H19FN4O2S.ClH/c24-18-12-15(4-5-20(18)28-8-6-25-7-9-28)16-2-1-3-19-17(16)10-14(13-26-19)11-21-22(29)27-23(30)31-21;/h1-5,10-13,25H,6-9H2,(H,27,29,30);1H. The topological polar surface area (TPSA) is 74.3 Å². The number of fused-ring (bicyclic) bond motifs is 1. The fourth-order valence-electron chi connectivity index (χ4n) is 3.91. The van der Waals surface area contributed by atoms with Crippen LogP contribution in [0.3, 0.4) is 0 Å². The Balaban J connectivity index is 0.00000245. The van der Waals surface area contributed by atoms with Crippen molar-refractivity contribution in [3.63, 3.8) is 0 Å². The summed E-state index contributed by atoms with van der Waals surface area (Å²) in [5, 5.41) is 5.99. The average molecular weight is 471 g/mol. The minimum absolute atomic E-state index is 0. The molecular weight excluding hydrogens is 451 g/mol. The molecule has 1 aromatic heterocycles. The molecule has 0 bridgehead atoms. The van der Waals surface area contributed by atoms with E-state index < -0.39 is 5.91 Å². The summed E-state index contributed by atoms with van der Waals surface area (Å²) in [7, 11) is 0. The van der Waals surface area contributed by atoms with E-state index in [4.69, 9.17) is 0 Å². The molecule has 2 amide bonds. The van der Waals surface area contributed by atoms with Gasteiger partial charge < -0.3 is 10.2 Å². The smallest absolute Gasteiger partial charge is 0.290 e. The maximum atomic E-state index is 15.0. The third kappa shape index (κ3) is 4.34. The van der Waals surface area contributed by atoms with E-state index in [1.54, 1.807) is 18.3 Å². The number of carbonyl (C=O) groups is 2. The van der Waals surface area contributed by atoms with Crippen molar-refractivity contribution < 1.29 is 14.0 Å². The van der Waals surface area contributed by atoms with Crippen LogP contribution in [-0.4, -0.2) is 42.3 Å².